The van der Waals surface area contributed by atoms with Crippen molar-refractivity contribution in [2.75, 3.05) is 18.5 Å². The molecule has 0 saturated heterocycles. The standard InChI is InChI=1S/C16H20N2O2/c1-3-17-16-13(6-5-11-18-16)12-20-15-9-7-14(8-10-15)19-4-2/h5-11H,3-4,12H2,1-2H3,(H,17,18). The first-order valence-electron chi connectivity index (χ1n) is 6.87. The molecular formula is C16H20N2O2. The highest BCUT2D eigenvalue weighted by atomic mass is 16.5. The second-order valence-electron chi connectivity index (χ2n) is 4.23. The van der Waals surface area contributed by atoms with E-state index in [-0.39, 0.29) is 0 Å². The predicted molar refractivity (Wildman–Crippen MR) is 80.3 cm³/mol. The molecule has 1 aromatic carbocycles. The number of benzene rings is 1. The van der Waals surface area contributed by atoms with E-state index >= 15 is 0 Å². The van der Waals surface area contributed by atoms with Crippen LogP contribution >= 0.6 is 0 Å². The second-order valence-corrected chi connectivity index (χ2v) is 4.23. The van der Waals surface area contributed by atoms with Crippen molar-refractivity contribution in [2.24, 2.45) is 0 Å². The molecule has 0 aliphatic heterocycles. The van der Waals surface area contributed by atoms with Crippen LogP contribution in [-0.4, -0.2) is 18.1 Å². The summed E-state index contributed by atoms with van der Waals surface area (Å²) in [6.07, 6.45) is 1.78. The first kappa shape index (κ1) is 14.2. The molecule has 0 saturated carbocycles. The molecule has 0 spiro atoms. The van der Waals surface area contributed by atoms with E-state index in [1.54, 1.807) is 6.20 Å². The van der Waals surface area contributed by atoms with Crippen molar-refractivity contribution in [3.05, 3.63) is 48.2 Å². The van der Waals surface area contributed by atoms with Crippen LogP contribution in [0.3, 0.4) is 0 Å². The Bertz CT molecular complexity index is 526. The van der Waals surface area contributed by atoms with Crippen molar-refractivity contribution in [2.45, 2.75) is 20.5 Å². The van der Waals surface area contributed by atoms with Crippen LogP contribution in [0.2, 0.25) is 0 Å². The molecule has 0 amide bonds. The molecule has 4 heteroatoms. The zero-order chi connectivity index (χ0) is 14.2. The molecule has 0 aliphatic carbocycles. The molecule has 1 N–H and O–H groups in total. The summed E-state index contributed by atoms with van der Waals surface area (Å²) in [5.74, 6) is 2.55. The summed E-state index contributed by atoms with van der Waals surface area (Å²) in [6, 6.07) is 11.6. The summed E-state index contributed by atoms with van der Waals surface area (Å²) in [5.41, 5.74) is 1.04. The molecule has 20 heavy (non-hydrogen) atoms. The number of pyridine rings is 1. The Kier molecular flexibility index (Phi) is 5.24. The topological polar surface area (TPSA) is 43.4 Å². The van der Waals surface area contributed by atoms with Gasteiger partial charge in [0.25, 0.3) is 0 Å². The lowest BCUT2D eigenvalue weighted by Gasteiger charge is -2.11. The van der Waals surface area contributed by atoms with Gasteiger partial charge in [-0.3, -0.25) is 0 Å². The van der Waals surface area contributed by atoms with E-state index in [0.717, 1.165) is 29.4 Å². The largest absolute Gasteiger partial charge is 0.494 e. The lowest BCUT2D eigenvalue weighted by molar-refractivity contribution is 0.304. The second kappa shape index (κ2) is 7.38. The fraction of sp³-hybridized carbons (Fsp3) is 0.312. The van der Waals surface area contributed by atoms with Crippen LogP contribution in [0.1, 0.15) is 19.4 Å². The summed E-state index contributed by atoms with van der Waals surface area (Å²) >= 11 is 0. The van der Waals surface area contributed by atoms with E-state index in [4.69, 9.17) is 9.47 Å². The molecule has 0 atom stereocenters. The molecular weight excluding hydrogens is 252 g/mol. The van der Waals surface area contributed by atoms with E-state index in [2.05, 4.69) is 10.3 Å². The number of nitrogens with one attached hydrogen (secondary N) is 1. The average molecular weight is 272 g/mol. The lowest BCUT2D eigenvalue weighted by atomic mass is 10.2. The molecule has 2 aromatic rings. The Morgan fingerprint density at radius 2 is 1.70 bits per heavy atom. The third-order valence-corrected chi connectivity index (χ3v) is 2.76. The van der Waals surface area contributed by atoms with Crippen molar-refractivity contribution >= 4 is 5.82 Å². The van der Waals surface area contributed by atoms with Gasteiger partial charge in [-0.1, -0.05) is 6.07 Å². The van der Waals surface area contributed by atoms with E-state index in [9.17, 15) is 0 Å². The average Bonchev–Trinajstić information content (AvgIpc) is 2.48. The number of anilines is 1. The highest BCUT2D eigenvalue weighted by Crippen LogP contribution is 2.20. The summed E-state index contributed by atoms with van der Waals surface area (Å²) in [5, 5.41) is 3.23. The number of hydrogen-bond acceptors (Lipinski definition) is 4. The molecule has 1 aromatic heterocycles. The Morgan fingerprint density at radius 3 is 2.35 bits per heavy atom. The molecule has 2 rings (SSSR count). The van der Waals surface area contributed by atoms with Crippen LogP contribution in [0.4, 0.5) is 5.82 Å². The number of aromatic nitrogens is 1. The predicted octanol–water partition coefficient (Wildman–Crippen LogP) is 3.49. The normalized spacial score (nSPS) is 10.1. The van der Waals surface area contributed by atoms with Gasteiger partial charge in [-0.15, -0.1) is 0 Å². The molecule has 106 valence electrons. The summed E-state index contributed by atoms with van der Waals surface area (Å²) < 4.78 is 11.2. The van der Waals surface area contributed by atoms with Gasteiger partial charge in [0.15, 0.2) is 0 Å². The third-order valence-electron chi connectivity index (χ3n) is 2.76. The van der Waals surface area contributed by atoms with Gasteiger partial charge < -0.3 is 14.8 Å². The van der Waals surface area contributed by atoms with Crippen LogP contribution in [0.25, 0.3) is 0 Å². The maximum atomic E-state index is 5.78. The fourth-order valence-corrected chi connectivity index (χ4v) is 1.84. The van der Waals surface area contributed by atoms with Crippen molar-refractivity contribution in [1.82, 2.24) is 4.98 Å². The Morgan fingerprint density at radius 1 is 1.00 bits per heavy atom. The van der Waals surface area contributed by atoms with Crippen molar-refractivity contribution in [3.8, 4) is 11.5 Å². The fourth-order valence-electron chi connectivity index (χ4n) is 1.84. The van der Waals surface area contributed by atoms with Crippen molar-refractivity contribution in [3.63, 3.8) is 0 Å². The number of hydrogen-bond donors (Lipinski definition) is 1. The van der Waals surface area contributed by atoms with Crippen molar-refractivity contribution in [1.29, 1.82) is 0 Å². The van der Waals surface area contributed by atoms with Crippen LogP contribution in [-0.2, 0) is 6.61 Å². The van der Waals surface area contributed by atoms with Gasteiger partial charge in [-0.05, 0) is 44.2 Å². The van der Waals surface area contributed by atoms with Gasteiger partial charge in [0.2, 0.25) is 0 Å². The Hall–Kier alpha value is -2.23. The first-order chi connectivity index (χ1) is 9.83. The molecule has 0 bridgehead atoms. The molecule has 1 heterocycles. The molecule has 0 radical (unpaired) electrons. The highest BCUT2D eigenvalue weighted by molar-refractivity contribution is 5.43. The minimum absolute atomic E-state index is 0.490. The van der Waals surface area contributed by atoms with Gasteiger partial charge in [0.05, 0.1) is 6.61 Å². The lowest BCUT2D eigenvalue weighted by Crippen LogP contribution is -2.05. The Balaban J connectivity index is 1.97. The Labute approximate surface area is 119 Å². The van der Waals surface area contributed by atoms with Gasteiger partial charge in [0.1, 0.15) is 23.9 Å². The summed E-state index contributed by atoms with van der Waals surface area (Å²) in [6.45, 7) is 6.01. The quantitative estimate of drug-likeness (QED) is 0.838. The molecule has 0 fully saturated rings. The molecule has 0 aliphatic rings. The van der Waals surface area contributed by atoms with Gasteiger partial charge >= 0.3 is 0 Å². The number of ether oxygens (including phenoxy) is 2. The highest BCUT2D eigenvalue weighted by Gasteiger charge is 2.03. The van der Waals surface area contributed by atoms with Gasteiger partial charge in [0, 0.05) is 18.3 Å². The first-order valence-corrected chi connectivity index (χ1v) is 6.87. The van der Waals surface area contributed by atoms with E-state index in [1.165, 1.54) is 0 Å². The number of nitrogens with zero attached hydrogens (tertiary/aromatic N) is 1. The summed E-state index contributed by atoms with van der Waals surface area (Å²) in [4.78, 5) is 4.31. The zero-order valence-electron chi connectivity index (χ0n) is 11.9. The SMILES string of the molecule is CCNc1ncccc1COc1ccc(OCC)cc1. The van der Waals surface area contributed by atoms with Crippen LogP contribution in [0, 0.1) is 0 Å². The van der Waals surface area contributed by atoms with Crippen LogP contribution in [0.5, 0.6) is 11.5 Å². The smallest absolute Gasteiger partial charge is 0.132 e. The minimum atomic E-state index is 0.490. The maximum absolute atomic E-state index is 5.78. The molecule has 4 nitrogen and oxygen atoms in total. The van der Waals surface area contributed by atoms with Crippen molar-refractivity contribution < 1.29 is 9.47 Å². The zero-order valence-corrected chi connectivity index (χ0v) is 11.9. The van der Waals surface area contributed by atoms with Gasteiger partial charge in [-0.2, -0.15) is 0 Å². The summed E-state index contributed by atoms with van der Waals surface area (Å²) in [7, 11) is 0. The number of rotatable bonds is 7. The van der Waals surface area contributed by atoms with E-state index in [0.29, 0.717) is 13.2 Å². The van der Waals surface area contributed by atoms with Crippen LogP contribution in [0.15, 0.2) is 42.6 Å². The third kappa shape index (κ3) is 3.88. The van der Waals surface area contributed by atoms with Crippen LogP contribution < -0.4 is 14.8 Å². The monoisotopic (exact) mass is 272 g/mol. The van der Waals surface area contributed by atoms with Gasteiger partial charge in [-0.25, -0.2) is 4.98 Å². The molecule has 0 unspecified atom stereocenters. The van der Waals surface area contributed by atoms with E-state index < -0.39 is 0 Å². The minimum Gasteiger partial charge on any atom is -0.494 e. The van der Waals surface area contributed by atoms with E-state index in [1.807, 2.05) is 50.2 Å². The maximum Gasteiger partial charge on any atom is 0.132 e.